The zero-order valence-electron chi connectivity index (χ0n) is 12.6. The molecule has 1 heterocycles. The summed E-state index contributed by atoms with van der Waals surface area (Å²) in [5.41, 5.74) is 1.05. The van der Waals surface area contributed by atoms with Gasteiger partial charge in [0.25, 0.3) is 0 Å². The molecule has 1 aromatic rings. The monoisotopic (exact) mass is 310 g/mol. The molecule has 1 aromatic carbocycles. The minimum absolute atomic E-state index is 0.0702. The molecule has 0 aliphatic carbocycles. The molecule has 0 bridgehead atoms. The molecule has 2 rings (SSSR count). The van der Waals surface area contributed by atoms with Crippen LogP contribution in [0.2, 0.25) is 5.02 Å². The van der Waals surface area contributed by atoms with Crippen LogP contribution in [-0.4, -0.2) is 43.2 Å². The number of ether oxygens (including phenoxy) is 1. The minimum Gasteiger partial charge on any atom is -0.381 e. The molecule has 0 radical (unpaired) electrons. The number of hydrogen-bond donors (Lipinski definition) is 1. The molecule has 1 fully saturated rings. The first-order chi connectivity index (χ1) is 10.1. The average molecular weight is 311 g/mol. The molecular weight excluding hydrogens is 288 g/mol. The number of nitrogens with one attached hydrogen (secondary N) is 1. The lowest BCUT2D eigenvalue weighted by Crippen LogP contribution is -2.49. The Balaban J connectivity index is 1.78. The SMILES string of the molecule is COC1CCN(C(C)C(=O)NCc2ccc(Cl)cc2)CC1. The maximum atomic E-state index is 12.2. The lowest BCUT2D eigenvalue weighted by molar-refractivity contribution is -0.127. The number of benzene rings is 1. The molecule has 1 atom stereocenters. The molecule has 1 aliphatic heterocycles. The average Bonchev–Trinajstić information content (AvgIpc) is 2.53. The summed E-state index contributed by atoms with van der Waals surface area (Å²) in [6.07, 6.45) is 2.32. The first-order valence-electron chi connectivity index (χ1n) is 7.39. The van der Waals surface area contributed by atoms with E-state index in [0.29, 0.717) is 17.7 Å². The topological polar surface area (TPSA) is 41.6 Å². The fourth-order valence-corrected chi connectivity index (χ4v) is 2.73. The van der Waals surface area contributed by atoms with E-state index >= 15 is 0 Å². The van der Waals surface area contributed by atoms with Crippen molar-refractivity contribution in [3.63, 3.8) is 0 Å². The van der Waals surface area contributed by atoms with Crippen molar-refractivity contribution in [2.24, 2.45) is 0 Å². The summed E-state index contributed by atoms with van der Waals surface area (Å²) in [6, 6.07) is 7.42. The van der Waals surface area contributed by atoms with E-state index in [9.17, 15) is 4.79 Å². The third-order valence-electron chi connectivity index (χ3n) is 4.12. The molecule has 1 saturated heterocycles. The maximum absolute atomic E-state index is 12.2. The molecule has 4 nitrogen and oxygen atoms in total. The molecule has 1 aliphatic rings. The molecule has 0 saturated carbocycles. The smallest absolute Gasteiger partial charge is 0.237 e. The van der Waals surface area contributed by atoms with Crippen molar-refractivity contribution in [3.8, 4) is 0 Å². The third kappa shape index (κ3) is 4.70. The van der Waals surface area contributed by atoms with Gasteiger partial charge in [0.05, 0.1) is 12.1 Å². The number of carbonyl (C=O) groups is 1. The van der Waals surface area contributed by atoms with Crippen LogP contribution >= 0.6 is 11.6 Å². The number of carbonyl (C=O) groups excluding carboxylic acids is 1. The fraction of sp³-hybridized carbons (Fsp3) is 0.562. The van der Waals surface area contributed by atoms with Crippen molar-refractivity contribution >= 4 is 17.5 Å². The van der Waals surface area contributed by atoms with Gasteiger partial charge >= 0.3 is 0 Å². The van der Waals surface area contributed by atoms with Gasteiger partial charge in [-0.15, -0.1) is 0 Å². The van der Waals surface area contributed by atoms with Crippen LogP contribution in [0.1, 0.15) is 25.3 Å². The number of amides is 1. The van der Waals surface area contributed by atoms with Gasteiger partial charge in [0.2, 0.25) is 5.91 Å². The molecule has 1 unspecified atom stereocenters. The third-order valence-corrected chi connectivity index (χ3v) is 4.37. The van der Waals surface area contributed by atoms with E-state index in [2.05, 4.69) is 10.2 Å². The number of halogens is 1. The number of rotatable bonds is 5. The van der Waals surface area contributed by atoms with Crippen molar-refractivity contribution in [1.82, 2.24) is 10.2 Å². The highest BCUT2D eigenvalue weighted by atomic mass is 35.5. The first kappa shape index (κ1) is 16.3. The summed E-state index contributed by atoms with van der Waals surface area (Å²) in [5.74, 6) is 0.0702. The van der Waals surface area contributed by atoms with Crippen molar-refractivity contribution in [1.29, 1.82) is 0 Å². The molecular formula is C16H23ClN2O2. The van der Waals surface area contributed by atoms with Crippen LogP contribution in [0.25, 0.3) is 0 Å². The Morgan fingerprint density at radius 2 is 2.00 bits per heavy atom. The van der Waals surface area contributed by atoms with Gasteiger partial charge in [-0.2, -0.15) is 0 Å². The Labute approximate surface area is 131 Å². The number of likely N-dealkylation sites (tertiary alicyclic amines) is 1. The summed E-state index contributed by atoms with van der Waals surface area (Å²) < 4.78 is 5.36. The van der Waals surface area contributed by atoms with E-state index in [0.717, 1.165) is 31.5 Å². The number of nitrogens with zero attached hydrogens (tertiary/aromatic N) is 1. The van der Waals surface area contributed by atoms with E-state index in [4.69, 9.17) is 16.3 Å². The van der Waals surface area contributed by atoms with Crippen LogP contribution in [0.5, 0.6) is 0 Å². The Bertz CT molecular complexity index is 456. The van der Waals surface area contributed by atoms with Crippen LogP contribution in [0, 0.1) is 0 Å². The standard InChI is InChI=1S/C16H23ClN2O2/c1-12(19-9-7-15(21-2)8-10-19)16(20)18-11-13-3-5-14(17)6-4-13/h3-6,12,15H,7-11H2,1-2H3,(H,18,20). The lowest BCUT2D eigenvalue weighted by Gasteiger charge is -2.34. The number of methoxy groups -OCH3 is 1. The minimum atomic E-state index is -0.102. The van der Waals surface area contributed by atoms with E-state index < -0.39 is 0 Å². The largest absolute Gasteiger partial charge is 0.381 e. The summed E-state index contributed by atoms with van der Waals surface area (Å²) in [5, 5.41) is 3.69. The highest BCUT2D eigenvalue weighted by Crippen LogP contribution is 2.15. The highest BCUT2D eigenvalue weighted by Gasteiger charge is 2.26. The van der Waals surface area contributed by atoms with Crippen LogP contribution in [0.15, 0.2) is 24.3 Å². The van der Waals surface area contributed by atoms with Gasteiger partial charge in [-0.05, 0) is 37.5 Å². The summed E-state index contributed by atoms with van der Waals surface area (Å²) in [6.45, 7) is 4.32. The van der Waals surface area contributed by atoms with Gasteiger partial charge in [-0.1, -0.05) is 23.7 Å². The quantitative estimate of drug-likeness (QED) is 0.908. The van der Waals surface area contributed by atoms with E-state index in [-0.39, 0.29) is 11.9 Å². The second kappa shape index (κ2) is 7.78. The zero-order valence-corrected chi connectivity index (χ0v) is 13.4. The maximum Gasteiger partial charge on any atom is 0.237 e. The Morgan fingerprint density at radius 3 is 2.57 bits per heavy atom. The number of piperidine rings is 1. The van der Waals surface area contributed by atoms with Gasteiger partial charge in [-0.25, -0.2) is 0 Å². The molecule has 1 N–H and O–H groups in total. The van der Waals surface area contributed by atoms with Gasteiger partial charge in [0.15, 0.2) is 0 Å². The molecule has 5 heteroatoms. The zero-order chi connectivity index (χ0) is 15.2. The van der Waals surface area contributed by atoms with Gasteiger partial charge < -0.3 is 10.1 Å². The van der Waals surface area contributed by atoms with Gasteiger partial charge in [-0.3, -0.25) is 9.69 Å². The lowest BCUT2D eigenvalue weighted by atomic mass is 10.1. The second-order valence-corrected chi connectivity index (χ2v) is 5.93. The van der Waals surface area contributed by atoms with Crippen LogP contribution in [-0.2, 0) is 16.1 Å². The van der Waals surface area contributed by atoms with Crippen molar-refractivity contribution in [3.05, 3.63) is 34.9 Å². The van der Waals surface area contributed by atoms with Crippen molar-refractivity contribution in [2.45, 2.75) is 38.5 Å². The Hall–Kier alpha value is -1.10. The van der Waals surface area contributed by atoms with Crippen LogP contribution < -0.4 is 5.32 Å². The molecule has 0 spiro atoms. The molecule has 0 aromatic heterocycles. The summed E-state index contributed by atoms with van der Waals surface area (Å²) in [7, 11) is 1.75. The van der Waals surface area contributed by atoms with E-state index in [1.165, 1.54) is 0 Å². The predicted molar refractivity (Wildman–Crippen MR) is 84.4 cm³/mol. The predicted octanol–water partition coefficient (Wildman–Crippen LogP) is 2.46. The Kier molecular flexibility index (Phi) is 6.03. The van der Waals surface area contributed by atoms with Crippen LogP contribution in [0.4, 0.5) is 0 Å². The molecule has 21 heavy (non-hydrogen) atoms. The summed E-state index contributed by atoms with van der Waals surface area (Å²) >= 11 is 5.85. The Morgan fingerprint density at radius 1 is 1.38 bits per heavy atom. The molecule has 116 valence electrons. The number of hydrogen-bond acceptors (Lipinski definition) is 3. The van der Waals surface area contributed by atoms with E-state index in [1.54, 1.807) is 7.11 Å². The fourth-order valence-electron chi connectivity index (χ4n) is 2.60. The second-order valence-electron chi connectivity index (χ2n) is 5.49. The van der Waals surface area contributed by atoms with Crippen LogP contribution in [0.3, 0.4) is 0 Å². The normalized spacial score (nSPS) is 18.4. The van der Waals surface area contributed by atoms with Gasteiger partial charge in [0, 0.05) is 31.8 Å². The summed E-state index contributed by atoms with van der Waals surface area (Å²) in [4.78, 5) is 14.4. The van der Waals surface area contributed by atoms with Gasteiger partial charge in [0.1, 0.15) is 0 Å². The van der Waals surface area contributed by atoms with E-state index in [1.807, 2.05) is 31.2 Å². The molecule has 1 amide bonds. The van der Waals surface area contributed by atoms with Crippen molar-refractivity contribution in [2.75, 3.05) is 20.2 Å². The highest BCUT2D eigenvalue weighted by molar-refractivity contribution is 6.30. The first-order valence-corrected chi connectivity index (χ1v) is 7.77. The van der Waals surface area contributed by atoms with Crippen molar-refractivity contribution < 1.29 is 9.53 Å².